The van der Waals surface area contributed by atoms with Crippen molar-refractivity contribution in [2.75, 3.05) is 12.3 Å². The molecule has 0 saturated carbocycles. The summed E-state index contributed by atoms with van der Waals surface area (Å²) in [5.74, 6) is -0.0590. The number of benzene rings is 1. The van der Waals surface area contributed by atoms with Crippen molar-refractivity contribution < 1.29 is 28.5 Å². The number of aliphatic hydroxyl groups excluding tert-OH is 2. The number of pyridine rings is 1. The fourth-order valence-electron chi connectivity index (χ4n) is 3.30. The number of nitrogen functional groups attached to an aromatic ring is 1. The molecule has 2 aromatic heterocycles. The second kappa shape index (κ2) is 8.24. The van der Waals surface area contributed by atoms with Crippen molar-refractivity contribution in [2.24, 2.45) is 0 Å². The van der Waals surface area contributed by atoms with Crippen LogP contribution in [0.25, 0.3) is 17.2 Å². The number of anilines is 1. The molecule has 164 valence electrons. The fourth-order valence-corrected chi connectivity index (χ4v) is 4.12. The largest absolute Gasteiger partial charge is 0.507 e. The number of para-hydroxylation sites is 1. The molecule has 1 saturated heterocycles. The highest BCUT2D eigenvalue weighted by molar-refractivity contribution is 7.92. The quantitative estimate of drug-likeness (QED) is 0.346. The van der Waals surface area contributed by atoms with Crippen LogP contribution >= 0.6 is 0 Å². The molecule has 0 aliphatic carbocycles. The summed E-state index contributed by atoms with van der Waals surface area (Å²) in [4.78, 5) is 8.34. The molecule has 31 heavy (non-hydrogen) atoms. The summed E-state index contributed by atoms with van der Waals surface area (Å²) in [5.41, 5.74) is 7.38. The van der Waals surface area contributed by atoms with E-state index in [4.69, 9.17) is 10.5 Å². The molecule has 3 aromatic rings. The van der Waals surface area contributed by atoms with Gasteiger partial charge >= 0.3 is 0 Å². The number of aromatic hydroxyl groups is 1. The Labute approximate surface area is 177 Å². The molecule has 1 fully saturated rings. The molecule has 0 spiro atoms. The lowest BCUT2D eigenvalue weighted by Gasteiger charge is -2.16. The molecule has 0 amide bonds. The number of hydrogen-bond donors (Lipinski definition) is 5. The van der Waals surface area contributed by atoms with E-state index in [1.165, 1.54) is 29.2 Å². The SMILES string of the molecule is Nc1ccnc2c1ncn2[C@@H]1O[C@H](CNS(=O)(=O)/C=C/c2ccccc2O)[C@H](O)C1O. The molecule has 6 N–H and O–H groups in total. The number of rotatable bonds is 6. The Morgan fingerprint density at radius 2 is 1.97 bits per heavy atom. The van der Waals surface area contributed by atoms with Gasteiger partial charge in [0.2, 0.25) is 10.0 Å². The van der Waals surface area contributed by atoms with Crippen LogP contribution in [-0.4, -0.2) is 63.1 Å². The molecule has 1 aliphatic heterocycles. The third kappa shape index (κ3) is 4.24. The van der Waals surface area contributed by atoms with Gasteiger partial charge < -0.3 is 25.8 Å². The van der Waals surface area contributed by atoms with Gasteiger partial charge in [0.25, 0.3) is 0 Å². The molecule has 0 radical (unpaired) electrons. The summed E-state index contributed by atoms with van der Waals surface area (Å²) < 4.78 is 34.0. The number of sulfonamides is 1. The van der Waals surface area contributed by atoms with Gasteiger partial charge in [0, 0.05) is 23.7 Å². The van der Waals surface area contributed by atoms with Crippen molar-refractivity contribution in [3.8, 4) is 5.75 Å². The number of phenolic OH excluding ortho intramolecular Hbond substituents is 1. The maximum Gasteiger partial charge on any atom is 0.233 e. The van der Waals surface area contributed by atoms with E-state index in [0.29, 0.717) is 22.4 Å². The van der Waals surface area contributed by atoms with Gasteiger partial charge in [-0.05, 0) is 18.2 Å². The summed E-state index contributed by atoms with van der Waals surface area (Å²) in [7, 11) is -3.90. The molecule has 1 aliphatic rings. The number of fused-ring (bicyclic) bond motifs is 1. The van der Waals surface area contributed by atoms with Crippen molar-refractivity contribution in [2.45, 2.75) is 24.5 Å². The van der Waals surface area contributed by atoms with E-state index in [1.54, 1.807) is 24.3 Å². The monoisotopic (exact) mass is 447 g/mol. The zero-order chi connectivity index (χ0) is 22.2. The Balaban J connectivity index is 1.46. The fraction of sp³-hybridized carbons (Fsp3) is 0.263. The number of aromatic nitrogens is 3. The van der Waals surface area contributed by atoms with Crippen molar-refractivity contribution >= 4 is 33.0 Å². The average molecular weight is 447 g/mol. The van der Waals surface area contributed by atoms with Gasteiger partial charge in [-0.1, -0.05) is 18.2 Å². The molecule has 4 rings (SSSR count). The lowest BCUT2D eigenvalue weighted by molar-refractivity contribution is -0.0329. The van der Waals surface area contributed by atoms with Gasteiger partial charge in [0.15, 0.2) is 11.9 Å². The Hall–Kier alpha value is -3.03. The van der Waals surface area contributed by atoms with Crippen LogP contribution in [0.3, 0.4) is 0 Å². The number of nitrogens with two attached hydrogens (primary N) is 1. The van der Waals surface area contributed by atoms with Crippen molar-refractivity contribution in [1.29, 1.82) is 0 Å². The van der Waals surface area contributed by atoms with Crippen LogP contribution < -0.4 is 10.5 Å². The normalized spacial score (nSPS) is 24.3. The first-order valence-electron chi connectivity index (χ1n) is 9.31. The van der Waals surface area contributed by atoms with E-state index in [1.807, 2.05) is 0 Å². The van der Waals surface area contributed by atoms with E-state index in [-0.39, 0.29) is 12.3 Å². The Kier molecular flexibility index (Phi) is 5.64. The number of nitrogens with one attached hydrogen (secondary N) is 1. The maximum atomic E-state index is 12.3. The molecular weight excluding hydrogens is 426 g/mol. The highest BCUT2D eigenvalue weighted by atomic mass is 32.2. The first-order chi connectivity index (χ1) is 14.8. The molecule has 12 heteroatoms. The van der Waals surface area contributed by atoms with Crippen LogP contribution in [0.1, 0.15) is 11.8 Å². The summed E-state index contributed by atoms with van der Waals surface area (Å²) >= 11 is 0. The Morgan fingerprint density at radius 1 is 1.19 bits per heavy atom. The minimum absolute atomic E-state index is 0.0590. The maximum absolute atomic E-state index is 12.3. The topological polar surface area (TPSA) is 173 Å². The number of phenols is 1. The van der Waals surface area contributed by atoms with Crippen LogP contribution in [0, 0.1) is 0 Å². The van der Waals surface area contributed by atoms with Crippen LogP contribution in [0.15, 0.2) is 48.3 Å². The first-order valence-corrected chi connectivity index (χ1v) is 10.9. The highest BCUT2D eigenvalue weighted by Crippen LogP contribution is 2.32. The summed E-state index contributed by atoms with van der Waals surface area (Å²) in [6.45, 7) is -0.287. The lowest BCUT2D eigenvalue weighted by atomic mass is 10.1. The van der Waals surface area contributed by atoms with E-state index in [9.17, 15) is 23.7 Å². The zero-order valence-electron chi connectivity index (χ0n) is 16.1. The van der Waals surface area contributed by atoms with Gasteiger partial charge in [-0.15, -0.1) is 0 Å². The van der Waals surface area contributed by atoms with E-state index >= 15 is 0 Å². The summed E-state index contributed by atoms with van der Waals surface area (Å²) in [6, 6.07) is 7.86. The van der Waals surface area contributed by atoms with Gasteiger partial charge in [-0.25, -0.2) is 23.1 Å². The third-order valence-electron chi connectivity index (χ3n) is 4.95. The molecule has 11 nitrogen and oxygen atoms in total. The van der Waals surface area contributed by atoms with E-state index in [0.717, 1.165) is 5.41 Å². The number of imidazole rings is 1. The van der Waals surface area contributed by atoms with E-state index in [2.05, 4.69) is 14.7 Å². The minimum atomic E-state index is -3.90. The number of ether oxygens (including phenoxy) is 1. The molecule has 3 heterocycles. The second-order valence-corrected chi connectivity index (χ2v) is 8.68. The van der Waals surface area contributed by atoms with Crippen molar-refractivity contribution in [1.82, 2.24) is 19.3 Å². The second-order valence-electron chi connectivity index (χ2n) is 7.03. The molecule has 1 aromatic carbocycles. The van der Waals surface area contributed by atoms with E-state index < -0.39 is 34.6 Å². The first kappa shape index (κ1) is 21.2. The minimum Gasteiger partial charge on any atom is -0.507 e. The Bertz CT molecular complexity index is 1230. The third-order valence-corrected chi connectivity index (χ3v) is 6.02. The molecule has 4 atom stereocenters. The average Bonchev–Trinajstić information content (AvgIpc) is 3.29. The van der Waals surface area contributed by atoms with Crippen LogP contribution in [0.4, 0.5) is 5.69 Å². The smallest absolute Gasteiger partial charge is 0.233 e. The van der Waals surface area contributed by atoms with Crippen LogP contribution in [-0.2, 0) is 14.8 Å². The van der Waals surface area contributed by atoms with Gasteiger partial charge in [0.05, 0.1) is 12.0 Å². The van der Waals surface area contributed by atoms with Crippen molar-refractivity contribution in [3.05, 3.63) is 53.8 Å². The van der Waals surface area contributed by atoms with Gasteiger partial charge in [0.1, 0.15) is 29.6 Å². The standard InChI is InChI=1S/C19H21N5O6S/c20-12-5-7-21-18-15(12)22-10-24(18)19-17(27)16(26)14(30-19)9-23-31(28,29)8-6-11-3-1-2-4-13(11)25/h1-8,10,14,16-17,19,23,25-27H,9H2,(H2,20,21)/b8-6+/t14-,16+,17?,19-/m1/s1. The molecule has 0 bridgehead atoms. The summed E-state index contributed by atoms with van der Waals surface area (Å²) in [5, 5.41) is 31.4. The highest BCUT2D eigenvalue weighted by Gasteiger charge is 2.44. The predicted octanol–water partition coefficient (Wildman–Crippen LogP) is -0.0714. The van der Waals surface area contributed by atoms with Gasteiger partial charge in [-0.3, -0.25) is 4.57 Å². The predicted molar refractivity (Wildman–Crippen MR) is 112 cm³/mol. The van der Waals surface area contributed by atoms with Crippen molar-refractivity contribution in [3.63, 3.8) is 0 Å². The van der Waals surface area contributed by atoms with Crippen LogP contribution in [0.2, 0.25) is 0 Å². The molecule has 1 unspecified atom stereocenters. The number of hydrogen-bond acceptors (Lipinski definition) is 9. The van der Waals surface area contributed by atoms with Crippen LogP contribution in [0.5, 0.6) is 5.75 Å². The molecular formula is C19H21N5O6S. The number of aliphatic hydroxyl groups is 2. The lowest BCUT2D eigenvalue weighted by Crippen LogP contribution is -2.39. The number of nitrogens with zero attached hydrogens (tertiary/aromatic N) is 3. The summed E-state index contributed by atoms with van der Waals surface area (Å²) in [6.07, 6.45) is -0.630. The zero-order valence-corrected chi connectivity index (χ0v) is 16.9. The Morgan fingerprint density at radius 3 is 2.74 bits per heavy atom. The van der Waals surface area contributed by atoms with Gasteiger partial charge in [-0.2, -0.15) is 0 Å².